The lowest BCUT2D eigenvalue weighted by Crippen LogP contribution is -2.24. The molecule has 0 saturated carbocycles. The van der Waals surface area contributed by atoms with Crippen LogP contribution in [0.3, 0.4) is 0 Å². The van der Waals surface area contributed by atoms with E-state index in [1.54, 1.807) is 61.3 Å². The van der Waals surface area contributed by atoms with Crippen LogP contribution in [0.1, 0.15) is 38.1 Å². The number of rotatable bonds is 7. The van der Waals surface area contributed by atoms with E-state index in [0.29, 0.717) is 28.3 Å². The van der Waals surface area contributed by atoms with Crippen molar-refractivity contribution in [3.05, 3.63) is 82.9 Å². The Hall–Kier alpha value is -2.97. The molecule has 7 nitrogen and oxygen atoms in total. The molecule has 0 radical (unpaired) electrons. The van der Waals surface area contributed by atoms with E-state index in [9.17, 15) is 13.2 Å². The molecule has 1 atom stereocenters. The molecule has 0 spiro atoms. The van der Waals surface area contributed by atoms with Gasteiger partial charge in [0.1, 0.15) is 11.0 Å². The molecule has 2 aromatic heterocycles. The number of methoxy groups -OCH3 is 1. The van der Waals surface area contributed by atoms with Crippen molar-refractivity contribution in [2.75, 3.05) is 7.11 Å². The van der Waals surface area contributed by atoms with Crippen molar-refractivity contribution in [3.8, 4) is 5.75 Å². The number of carbonyl (C=O) groups excluding carboxylic acids is 1. The van der Waals surface area contributed by atoms with Crippen LogP contribution in [-0.2, 0) is 23.5 Å². The van der Waals surface area contributed by atoms with Gasteiger partial charge in [-0.25, -0.2) is 13.6 Å². The van der Waals surface area contributed by atoms with Crippen molar-refractivity contribution in [1.82, 2.24) is 9.55 Å². The molecule has 3 rings (SSSR count). The van der Waals surface area contributed by atoms with Crippen LogP contribution in [0, 0.1) is 6.92 Å². The van der Waals surface area contributed by atoms with Gasteiger partial charge >= 0.3 is 0 Å². The molecule has 0 fully saturated rings. The largest absolute Gasteiger partial charge is 0.497 e. The van der Waals surface area contributed by atoms with E-state index < -0.39 is 15.3 Å². The number of carbonyl (C=O) groups is 1. The summed E-state index contributed by atoms with van der Waals surface area (Å²) >= 11 is 0. The third-order valence-corrected chi connectivity index (χ3v) is 6.17. The van der Waals surface area contributed by atoms with Crippen LogP contribution < -0.4 is 9.88 Å². The van der Waals surface area contributed by atoms with Gasteiger partial charge in [0.05, 0.1) is 12.8 Å². The molecule has 0 bridgehead atoms. The maximum atomic E-state index is 13.0. The lowest BCUT2D eigenvalue weighted by Gasteiger charge is -2.16. The number of aromatic nitrogens is 2. The molecule has 0 aliphatic rings. The molecule has 152 valence electrons. The Labute approximate surface area is 170 Å². The molecular weight excluding hydrogens is 390 g/mol. The van der Waals surface area contributed by atoms with Crippen LogP contribution in [0.15, 0.2) is 54.9 Å². The first-order chi connectivity index (χ1) is 13.7. The number of hydrogen-bond donors (Lipinski definition) is 1. The minimum atomic E-state index is -3.87. The fourth-order valence-corrected chi connectivity index (χ4v) is 4.33. The number of nitrogens with two attached hydrogens (primary N) is 1. The summed E-state index contributed by atoms with van der Waals surface area (Å²) < 4.78 is 31.3. The van der Waals surface area contributed by atoms with Crippen LogP contribution in [0.25, 0.3) is 0 Å². The molecule has 0 amide bonds. The Morgan fingerprint density at radius 2 is 1.93 bits per heavy atom. The molecule has 0 aliphatic heterocycles. The first kappa shape index (κ1) is 20.8. The second kappa shape index (κ2) is 8.18. The van der Waals surface area contributed by atoms with E-state index in [1.165, 1.54) is 6.20 Å². The highest BCUT2D eigenvalue weighted by Gasteiger charge is 2.27. The minimum Gasteiger partial charge on any atom is -0.497 e. The summed E-state index contributed by atoms with van der Waals surface area (Å²) in [5, 5.41) is 4.54. The van der Waals surface area contributed by atoms with Crippen molar-refractivity contribution >= 4 is 15.8 Å². The normalized spacial score (nSPS) is 12.6. The van der Waals surface area contributed by atoms with Gasteiger partial charge in [0, 0.05) is 37.1 Å². The summed E-state index contributed by atoms with van der Waals surface area (Å²) in [6.07, 6.45) is 3.20. The molecule has 0 aliphatic carbocycles. The maximum Gasteiger partial charge on any atom is 0.216 e. The Kier molecular flexibility index (Phi) is 5.86. The van der Waals surface area contributed by atoms with Crippen LogP contribution in [-0.4, -0.2) is 30.9 Å². The van der Waals surface area contributed by atoms with Gasteiger partial charge in [-0.3, -0.25) is 9.78 Å². The lowest BCUT2D eigenvalue weighted by molar-refractivity contribution is 0.103. The summed E-state index contributed by atoms with van der Waals surface area (Å²) in [7, 11) is -0.552. The van der Waals surface area contributed by atoms with E-state index in [1.807, 2.05) is 13.0 Å². The van der Waals surface area contributed by atoms with Crippen molar-refractivity contribution in [1.29, 1.82) is 0 Å². The number of benzene rings is 1. The molecule has 2 heterocycles. The topological polar surface area (TPSA) is 104 Å². The molecule has 0 saturated heterocycles. The number of ketones is 1. The zero-order chi connectivity index (χ0) is 21.2. The van der Waals surface area contributed by atoms with E-state index in [4.69, 9.17) is 9.88 Å². The highest BCUT2D eigenvalue weighted by atomic mass is 32.2. The van der Waals surface area contributed by atoms with Gasteiger partial charge < -0.3 is 9.30 Å². The lowest BCUT2D eigenvalue weighted by atomic mass is 10.1. The second-order valence-electron chi connectivity index (χ2n) is 6.85. The monoisotopic (exact) mass is 413 g/mol. The zero-order valence-corrected chi connectivity index (χ0v) is 17.3. The summed E-state index contributed by atoms with van der Waals surface area (Å²) in [5.41, 5.74) is 3.00. The van der Waals surface area contributed by atoms with Crippen molar-refractivity contribution < 1.29 is 17.9 Å². The Morgan fingerprint density at radius 1 is 1.24 bits per heavy atom. The summed E-state index contributed by atoms with van der Waals surface area (Å²) in [5.74, 6) is 0.519. The summed E-state index contributed by atoms with van der Waals surface area (Å²) in [4.78, 5) is 17.0. The van der Waals surface area contributed by atoms with Gasteiger partial charge in [-0.2, -0.15) is 0 Å². The van der Waals surface area contributed by atoms with Gasteiger partial charge in [0.15, 0.2) is 0 Å². The summed E-state index contributed by atoms with van der Waals surface area (Å²) in [6, 6.07) is 12.0. The van der Waals surface area contributed by atoms with Crippen LogP contribution >= 0.6 is 0 Å². The van der Waals surface area contributed by atoms with Gasteiger partial charge in [0.2, 0.25) is 15.8 Å². The number of pyridine rings is 1. The van der Waals surface area contributed by atoms with Crippen molar-refractivity contribution in [2.24, 2.45) is 12.2 Å². The highest BCUT2D eigenvalue weighted by molar-refractivity contribution is 7.89. The van der Waals surface area contributed by atoms with E-state index in [-0.39, 0.29) is 12.2 Å². The molecule has 3 aromatic rings. The molecule has 1 aromatic carbocycles. The Balaban J connectivity index is 1.97. The van der Waals surface area contributed by atoms with Crippen molar-refractivity contribution in [2.45, 2.75) is 18.6 Å². The number of primary sulfonamides is 1. The molecule has 2 N–H and O–H groups in total. The number of ether oxygens (including phenoxy) is 1. The van der Waals surface area contributed by atoms with Crippen LogP contribution in [0.4, 0.5) is 0 Å². The average Bonchev–Trinajstić information content (AvgIpc) is 2.98. The fraction of sp³-hybridized carbons (Fsp3) is 0.238. The molecule has 8 heteroatoms. The third kappa shape index (κ3) is 4.38. The van der Waals surface area contributed by atoms with Gasteiger partial charge in [-0.05, 0) is 54.4 Å². The second-order valence-corrected chi connectivity index (χ2v) is 8.60. The first-order valence-corrected chi connectivity index (χ1v) is 10.6. The smallest absolute Gasteiger partial charge is 0.216 e. The van der Waals surface area contributed by atoms with Gasteiger partial charge in [-0.15, -0.1) is 0 Å². The molecular formula is C21H23N3O4S. The highest BCUT2D eigenvalue weighted by Crippen LogP contribution is 2.27. The van der Waals surface area contributed by atoms with Crippen LogP contribution in [0.2, 0.25) is 0 Å². The SMILES string of the molecule is COc1ccc(C(=O)c2c(C)cc(CC(c3cccnc3)S(N)(=O)=O)n2C)cc1. The number of sulfonamides is 1. The van der Waals surface area contributed by atoms with Crippen LogP contribution in [0.5, 0.6) is 5.75 Å². The Bertz CT molecular complexity index is 1120. The number of nitrogens with zero attached hydrogens (tertiary/aromatic N) is 2. The van der Waals surface area contributed by atoms with E-state index in [0.717, 1.165) is 5.56 Å². The fourth-order valence-electron chi connectivity index (χ4n) is 3.41. The Morgan fingerprint density at radius 3 is 2.48 bits per heavy atom. The first-order valence-electron chi connectivity index (χ1n) is 8.98. The minimum absolute atomic E-state index is 0.137. The van der Waals surface area contributed by atoms with Crippen molar-refractivity contribution in [3.63, 3.8) is 0 Å². The predicted molar refractivity (Wildman–Crippen MR) is 110 cm³/mol. The molecule has 1 unspecified atom stereocenters. The quantitative estimate of drug-likeness (QED) is 0.600. The molecule has 29 heavy (non-hydrogen) atoms. The third-order valence-electron chi connectivity index (χ3n) is 4.94. The van der Waals surface area contributed by atoms with Gasteiger partial charge in [0.25, 0.3) is 0 Å². The van der Waals surface area contributed by atoms with E-state index >= 15 is 0 Å². The average molecular weight is 413 g/mol. The van der Waals surface area contributed by atoms with E-state index in [2.05, 4.69) is 4.98 Å². The zero-order valence-electron chi connectivity index (χ0n) is 16.5. The standard InChI is InChI=1S/C21H23N3O4S/c1-14-11-17(12-19(29(22,26)27)16-5-4-10-23-13-16)24(2)20(14)21(25)15-6-8-18(28-3)9-7-15/h4-11,13,19H,12H2,1-3H3,(H2,22,26,27). The summed E-state index contributed by atoms with van der Waals surface area (Å²) in [6.45, 7) is 1.83. The number of hydrogen-bond acceptors (Lipinski definition) is 5. The number of aryl methyl sites for hydroxylation is 1. The maximum absolute atomic E-state index is 13.0. The predicted octanol–water partition coefficient (Wildman–Crippen LogP) is 2.54. The van der Waals surface area contributed by atoms with Gasteiger partial charge in [-0.1, -0.05) is 6.07 Å².